The van der Waals surface area contributed by atoms with Gasteiger partial charge >= 0.3 is 5.97 Å². The Hall–Kier alpha value is -1.88. The Morgan fingerprint density at radius 2 is 1.80 bits per heavy atom. The van der Waals surface area contributed by atoms with Crippen molar-refractivity contribution in [1.29, 1.82) is 0 Å². The first kappa shape index (κ1) is 16.2. The topological polar surface area (TPSA) is 58.6 Å². The number of amides is 1. The van der Waals surface area contributed by atoms with Gasteiger partial charge in [0, 0.05) is 18.7 Å². The van der Waals surface area contributed by atoms with E-state index in [1.807, 2.05) is 38.4 Å². The van der Waals surface area contributed by atoms with E-state index in [2.05, 4.69) is 10.2 Å². The van der Waals surface area contributed by atoms with E-state index in [0.29, 0.717) is 6.61 Å². The third-order valence-corrected chi connectivity index (χ3v) is 2.60. The molecule has 5 heteroatoms. The molecule has 110 valence electrons. The summed E-state index contributed by atoms with van der Waals surface area (Å²) in [5.41, 5.74) is 1.92. The average Bonchev–Trinajstić information content (AvgIpc) is 2.38. The summed E-state index contributed by atoms with van der Waals surface area (Å²) in [6.45, 7) is 2.94. The lowest BCUT2D eigenvalue weighted by Gasteiger charge is -2.10. The van der Waals surface area contributed by atoms with E-state index in [1.165, 1.54) is 5.56 Å². The molecule has 0 aliphatic heterocycles. The van der Waals surface area contributed by atoms with Crippen molar-refractivity contribution in [2.24, 2.45) is 0 Å². The van der Waals surface area contributed by atoms with E-state index in [-0.39, 0.29) is 24.7 Å². The highest BCUT2D eigenvalue weighted by Crippen LogP contribution is 2.11. The van der Waals surface area contributed by atoms with Crippen molar-refractivity contribution in [3.05, 3.63) is 29.8 Å². The van der Waals surface area contributed by atoms with Gasteiger partial charge in [0.05, 0.1) is 13.0 Å². The van der Waals surface area contributed by atoms with E-state index in [9.17, 15) is 9.59 Å². The van der Waals surface area contributed by atoms with E-state index >= 15 is 0 Å². The zero-order chi connectivity index (χ0) is 15.0. The lowest BCUT2D eigenvalue weighted by Crippen LogP contribution is -2.15. The molecule has 0 bridgehead atoms. The summed E-state index contributed by atoms with van der Waals surface area (Å²) in [7, 11) is 4.01. The van der Waals surface area contributed by atoms with Crippen LogP contribution in [0.4, 0.5) is 5.69 Å². The number of ether oxygens (including phenoxy) is 1. The minimum atomic E-state index is -0.344. The van der Waals surface area contributed by atoms with Crippen LogP contribution in [0.2, 0.25) is 0 Å². The number of esters is 1. The number of nitrogens with one attached hydrogen (secondary N) is 1. The summed E-state index contributed by atoms with van der Waals surface area (Å²) in [5, 5.41) is 2.76. The van der Waals surface area contributed by atoms with Crippen LogP contribution in [-0.4, -0.2) is 37.5 Å². The SMILES string of the molecule is CCOC(=O)CCC(=O)Nc1ccc(CN(C)C)cc1. The third kappa shape index (κ3) is 6.33. The summed E-state index contributed by atoms with van der Waals surface area (Å²) in [6, 6.07) is 7.67. The number of benzene rings is 1. The van der Waals surface area contributed by atoms with Gasteiger partial charge in [0.15, 0.2) is 0 Å². The molecule has 0 atom stereocenters. The second-order valence-corrected chi connectivity index (χ2v) is 4.79. The zero-order valence-electron chi connectivity index (χ0n) is 12.3. The fourth-order valence-corrected chi connectivity index (χ4v) is 1.73. The van der Waals surface area contributed by atoms with Gasteiger partial charge in [-0.2, -0.15) is 0 Å². The number of hydrogen-bond acceptors (Lipinski definition) is 4. The lowest BCUT2D eigenvalue weighted by atomic mass is 10.2. The summed E-state index contributed by atoms with van der Waals surface area (Å²) in [4.78, 5) is 24.9. The predicted octanol–water partition coefficient (Wildman–Crippen LogP) is 2.03. The van der Waals surface area contributed by atoms with Crippen molar-refractivity contribution in [1.82, 2.24) is 4.90 Å². The van der Waals surface area contributed by atoms with Gasteiger partial charge < -0.3 is 15.0 Å². The van der Waals surface area contributed by atoms with Crippen LogP contribution in [0.15, 0.2) is 24.3 Å². The van der Waals surface area contributed by atoms with Gasteiger partial charge in [0.2, 0.25) is 5.91 Å². The fraction of sp³-hybridized carbons (Fsp3) is 0.467. The van der Waals surface area contributed by atoms with Gasteiger partial charge in [-0.15, -0.1) is 0 Å². The Kier molecular flexibility index (Phi) is 6.73. The van der Waals surface area contributed by atoms with Crippen LogP contribution in [0.5, 0.6) is 0 Å². The molecular weight excluding hydrogens is 256 g/mol. The van der Waals surface area contributed by atoms with Crippen molar-refractivity contribution < 1.29 is 14.3 Å². The predicted molar refractivity (Wildman–Crippen MR) is 78.3 cm³/mol. The molecule has 20 heavy (non-hydrogen) atoms. The van der Waals surface area contributed by atoms with Gasteiger partial charge in [-0.3, -0.25) is 9.59 Å². The van der Waals surface area contributed by atoms with Crippen LogP contribution in [0.25, 0.3) is 0 Å². The minimum Gasteiger partial charge on any atom is -0.466 e. The van der Waals surface area contributed by atoms with Crippen LogP contribution in [0, 0.1) is 0 Å². The molecule has 1 rings (SSSR count). The largest absolute Gasteiger partial charge is 0.466 e. The Morgan fingerprint density at radius 3 is 2.35 bits per heavy atom. The van der Waals surface area contributed by atoms with Crippen LogP contribution in [0.3, 0.4) is 0 Å². The molecular formula is C15H22N2O3. The van der Waals surface area contributed by atoms with Crippen LogP contribution < -0.4 is 5.32 Å². The first-order chi connectivity index (χ1) is 9.51. The molecule has 1 aromatic carbocycles. The quantitative estimate of drug-likeness (QED) is 0.775. The molecule has 5 nitrogen and oxygen atoms in total. The lowest BCUT2D eigenvalue weighted by molar-refractivity contribution is -0.144. The monoisotopic (exact) mass is 278 g/mol. The number of carbonyl (C=O) groups is 2. The Morgan fingerprint density at radius 1 is 1.15 bits per heavy atom. The summed E-state index contributed by atoms with van der Waals surface area (Å²) in [5.74, 6) is -0.526. The van der Waals surface area contributed by atoms with Crippen molar-refractivity contribution >= 4 is 17.6 Å². The van der Waals surface area contributed by atoms with E-state index in [4.69, 9.17) is 4.74 Å². The molecule has 0 saturated carbocycles. The van der Waals surface area contributed by atoms with Crippen LogP contribution in [0.1, 0.15) is 25.3 Å². The van der Waals surface area contributed by atoms with Crippen molar-refractivity contribution in [2.75, 3.05) is 26.0 Å². The molecule has 0 fully saturated rings. The summed E-state index contributed by atoms with van der Waals surface area (Å²) in [6.07, 6.45) is 0.247. The molecule has 0 spiro atoms. The average molecular weight is 278 g/mol. The van der Waals surface area contributed by atoms with Gasteiger partial charge in [-0.05, 0) is 38.7 Å². The Labute approximate surface area is 119 Å². The molecule has 0 radical (unpaired) electrons. The number of carbonyl (C=O) groups excluding carboxylic acids is 2. The van der Waals surface area contributed by atoms with Crippen LogP contribution >= 0.6 is 0 Å². The van der Waals surface area contributed by atoms with Crippen LogP contribution in [-0.2, 0) is 20.9 Å². The number of nitrogens with zero attached hydrogens (tertiary/aromatic N) is 1. The summed E-state index contributed by atoms with van der Waals surface area (Å²) >= 11 is 0. The second kappa shape index (κ2) is 8.32. The molecule has 0 aliphatic carbocycles. The van der Waals surface area contributed by atoms with Crippen molar-refractivity contribution in [3.8, 4) is 0 Å². The molecule has 0 aromatic heterocycles. The van der Waals surface area contributed by atoms with E-state index in [0.717, 1.165) is 12.2 Å². The molecule has 1 aromatic rings. The maximum absolute atomic E-state index is 11.7. The maximum atomic E-state index is 11.7. The summed E-state index contributed by atoms with van der Waals surface area (Å²) < 4.78 is 4.77. The normalized spacial score (nSPS) is 10.4. The highest BCUT2D eigenvalue weighted by atomic mass is 16.5. The first-order valence-corrected chi connectivity index (χ1v) is 6.70. The highest BCUT2D eigenvalue weighted by molar-refractivity contribution is 5.92. The van der Waals surface area contributed by atoms with Gasteiger partial charge in [0.25, 0.3) is 0 Å². The van der Waals surface area contributed by atoms with Gasteiger partial charge in [-0.1, -0.05) is 12.1 Å². The Bertz CT molecular complexity index is 441. The second-order valence-electron chi connectivity index (χ2n) is 4.79. The van der Waals surface area contributed by atoms with Gasteiger partial charge in [-0.25, -0.2) is 0 Å². The van der Waals surface area contributed by atoms with Crippen molar-refractivity contribution in [2.45, 2.75) is 26.3 Å². The molecule has 0 saturated heterocycles. The standard InChI is InChI=1S/C15H22N2O3/c1-4-20-15(19)10-9-14(18)16-13-7-5-12(6-8-13)11-17(2)3/h5-8H,4,9-11H2,1-3H3,(H,16,18). The first-order valence-electron chi connectivity index (χ1n) is 6.70. The van der Waals surface area contributed by atoms with Crippen molar-refractivity contribution in [3.63, 3.8) is 0 Å². The molecule has 0 aliphatic rings. The zero-order valence-corrected chi connectivity index (χ0v) is 12.3. The maximum Gasteiger partial charge on any atom is 0.306 e. The molecule has 1 N–H and O–H groups in total. The molecule has 1 amide bonds. The number of hydrogen-bond donors (Lipinski definition) is 1. The fourth-order valence-electron chi connectivity index (χ4n) is 1.73. The third-order valence-electron chi connectivity index (χ3n) is 2.60. The minimum absolute atomic E-state index is 0.110. The number of rotatable bonds is 7. The Balaban J connectivity index is 2.40. The smallest absolute Gasteiger partial charge is 0.306 e. The highest BCUT2D eigenvalue weighted by Gasteiger charge is 2.07. The molecule has 0 unspecified atom stereocenters. The molecule has 0 heterocycles. The number of anilines is 1. The van der Waals surface area contributed by atoms with Gasteiger partial charge in [0.1, 0.15) is 0 Å². The van der Waals surface area contributed by atoms with E-state index in [1.54, 1.807) is 6.92 Å². The van der Waals surface area contributed by atoms with E-state index < -0.39 is 0 Å².